The summed E-state index contributed by atoms with van der Waals surface area (Å²) in [6, 6.07) is 6.98. The lowest BCUT2D eigenvalue weighted by Crippen LogP contribution is -2.54. The molecule has 1 atom stereocenters. The van der Waals surface area contributed by atoms with Crippen molar-refractivity contribution >= 4 is 35.8 Å². The minimum Gasteiger partial charge on any atom is -0.497 e. The number of imidazole rings is 1. The molecule has 1 aromatic carbocycles. The minimum absolute atomic E-state index is 0.529. The van der Waals surface area contributed by atoms with Crippen LogP contribution in [-0.2, 0) is 4.79 Å². The van der Waals surface area contributed by atoms with E-state index in [9.17, 15) is 9.90 Å². The van der Waals surface area contributed by atoms with Gasteiger partial charge < -0.3 is 14.8 Å². The molecular formula is C20H28N4O3S2. The first-order valence-electron chi connectivity index (χ1n) is 9.77. The number of aliphatic carboxylic acids is 1. The molecule has 158 valence electrons. The van der Waals surface area contributed by atoms with Crippen LogP contribution in [0.2, 0.25) is 0 Å². The average molecular weight is 437 g/mol. The van der Waals surface area contributed by atoms with Crippen molar-refractivity contribution in [3.05, 3.63) is 35.2 Å². The second-order valence-electron chi connectivity index (χ2n) is 7.01. The fourth-order valence-corrected chi connectivity index (χ4v) is 4.35. The zero-order valence-electron chi connectivity index (χ0n) is 16.8. The highest BCUT2D eigenvalue weighted by Gasteiger charge is 2.32. The molecule has 0 spiro atoms. The number of hydrazine groups is 1. The third kappa shape index (κ3) is 5.15. The summed E-state index contributed by atoms with van der Waals surface area (Å²) in [5.74, 6) is 1.44. The number of ether oxygens (including phenoxy) is 1. The summed E-state index contributed by atoms with van der Waals surface area (Å²) in [6.45, 7) is 1.69. The van der Waals surface area contributed by atoms with E-state index in [2.05, 4.69) is 9.99 Å². The van der Waals surface area contributed by atoms with Gasteiger partial charge in [-0.25, -0.2) is 9.80 Å². The van der Waals surface area contributed by atoms with Gasteiger partial charge in [-0.1, -0.05) is 6.42 Å². The van der Waals surface area contributed by atoms with Crippen molar-refractivity contribution in [2.75, 3.05) is 37.2 Å². The highest BCUT2D eigenvalue weighted by molar-refractivity contribution is 7.98. The largest absolute Gasteiger partial charge is 0.497 e. The number of carboxylic acid groups (broad SMARTS) is 1. The molecule has 0 bridgehead atoms. The number of aromatic amines is 1. The molecule has 1 fully saturated rings. The van der Waals surface area contributed by atoms with E-state index in [0.717, 1.165) is 43.1 Å². The van der Waals surface area contributed by atoms with Gasteiger partial charge in [-0.05, 0) is 67.8 Å². The smallest absolute Gasteiger partial charge is 0.328 e. The maximum Gasteiger partial charge on any atom is 0.328 e. The Hall–Kier alpha value is -1.97. The number of carboxylic acids is 1. The molecule has 0 aliphatic carbocycles. The molecule has 3 rings (SSSR count). The van der Waals surface area contributed by atoms with Crippen LogP contribution in [-0.4, -0.2) is 63.9 Å². The van der Waals surface area contributed by atoms with E-state index in [4.69, 9.17) is 17.0 Å². The van der Waals surface area contributed by atoms with Gasteiger partial charge in [0.1, 0.15) is 17.6 Å². The molecule has 2 aromatic rings. The number of thioether (sulfide) groups is 1. The molecule has 2 heterocycles. The lowest BCUT2D eigenvalue weighted by atomic mass is 10.1. The molecule has 0 radical (unpaired) electrons. The fraction of sp³-hybridized carbons (Fsp3) is 0.500. The summed E-state index contributed by atoms with van der Waals surface area (Å²) < 4.78 is 7.63. The van der Waals surface area contributed by atoms with Crippen molar-refractivity contribution in [1.29, 1.82) is 0 Å². The number of nitrogens with zero attached hydrogens (tertiary/aromatic N) is 3. The highest BCUT2D eigenvalue weighted by atomic mass is 32.2. The molecule has 1 aromatic heterocycles. The summed E-state index contributed by atoms with van der Waals surface area (Å²) in [6.07, 6.45) is 7.75. The number of benzene rings is 1. The van der Waals surface area contributed by atoms with Crippen LogP contribution in [0.15, 0.2) is 30.5 Å². The second kappa shape index (κ2) is 10.2. The molecule has 1 aliphatic heterocycles. The van der Waals surface area contributed by atoms with Gasteiger partial charge in [-0.3, -0.25) is 9.58 Å². The Morgan fingerprint density at radius 1 is 1.31 bits per heavy atom. The Kier molecular flexibility index (Phi) is 7.63. The van der Waals surface area contributed by atoms with Gasteiger partial charge in [0.05, 0.1) is 13.3 Å². The molecule has 7 nitrogen and oxygen atoms in total. The van der Waals surface area contributed by atoms with Crippen molar-refractivity contribution in [3.8, 4) is 11.4 Å². The monoisotopic (exact) mass is 436 g/mol. The summed E-state index contributed by atoms with van der Waals surface area (Å²) in [5, 5.41) is 14.0. The van der Waals surface area contributed by atoms with Crippen molar-refractivity contribution in [2.24, 2.45) is 0 Å². The van der Waals surface area contributed by atoms with E-state index < -0.39 is 12.0 Å². The van der Waals surface area contributed by atoms with Crippen molar-refractivity contribution in [1.82, 2.24) is 14.6 Å². The van der Waals surface area contributed by atoms with E-state index in [1.807, 2.05) is 46.3 Å². The number of piperidine rings is 1. The SMILES string of the molecule is COc1ccc(-n2cc(N([C@@H](CCSC)C(=O)O)N3CCCCC3)[nH]c2=S)cc1. The van der Waals surface area contributed by atoms with E-state index in [1.54, 1.807) is 18.9 Å². The maximum absolute atomic E-state index is 12.2. The van der Waals surface area contributed by atoms with Gasteiger partial charge >= 0.3 is 5.97 Å². The molecule has 0 unspecified atom stereocenters. The first kappa shape index (κ1) is 21.7. The van der Waals surface area contributed by atoms with Crippen molar-refractivity contribution in [3.63, 3.8) is 0 Å². The van der Waals surface area contributed by atoms with Crippen LogP contribution < -0.4 is 9.75 Å². The minimum atomic E-state index is -0.818. The molecule has 1 saturated heterocycles. The number of anilines is 1. The Morgan fingerprint density at radius 3 is 2.59 bits per heavy atom. The molecule has 1 aliphatic rings. The zero-order valence-corrected chi connectivity index (χ0v) is 18.5. The summed E-state index contributed by atoms with van der Waals surface area (Å²) in [4.78, 5) is 15.4. The highest BCUT2D eigenvalue weighted by Crippen LogP contribution is 2.26. The Bertz CT molecular complexity index is 859. The Labute approximate surface area is 180 Å². The molecule has 0 saturated carbocycles. The second-order valence-corrected chi connectivity index (χ2v) is 8.38. The molecular weight excluding hydrogens is 408 g/mol. The van der Waals surface area contributed by atoms with Crippen LogP contribution in [0.1, 0.15) is 25.7 Å². The van der Waals surface area contributed by atoms with Crippen molar-refractivity contribution < 1.29 is 14.6 Å². The number of hydrogen-bond donors (Lipinski definition) is 2. The van der Waals surface area contributed by atoms with Gasteiger partial charge in [0.2, 0.25) is 0 Å². The summed E-state index contributed by atoms with van der Waals surface area (Å²) in [5.41, 5.74) is 0.896. The van der Waals surface area contributed by atoms with Crippen molar-refractivity contribution in [2.45, 2.75) is 31.7 Å². The van der Waals surface area contributed by atoms with Gasteiger partial charge in [0.25, 0.3) is 0 Å². The Morgan fingerprint density at radius 2 is 2.00 bits per heavy atom. The van der Waals surface area contributed by atoms with Crippen LogP contribution in [0.3, 0.4) is 0 Å². The fourth-order valence-electron chi connectivity index (χ4n) is 3.62. The lowest BCUT2D eigenvalue weighted by Gasteiger charge is -2.41. The van der Waals surface area contributed by atoms with Crippen LogP contribution in [0.25, 0.3) is 5.69 Å². The average Bonchev–Trinajstić information content (AvgIpc) is 3.12. The predicted octanol–water partition coefficient (Wildman–Crippen LogP) is 3.96. The number of nitrogens with one attached hydrogen (secondary N) is 1. The molecule has 9 heteroatoms. The van der Waals surface area contributed by atoms with Crippen LogP contribution >= 0.6 is 24.0 Å². The predicted molar refractivity (Wildman–Crippen MR) is 120 cm³/mol. The first-order chi connectivity index (χ1) is 14.0. The lowest BCUT2D eigenvalue weighted by molar-refractivity contribution is -0.139. The van der Waals surface area contributed by atoms with E-state index in [0.29, 0.717) is 17.0 Å². The third-order valence-electron chi connectivity index (χ3n) is 5.12. The number of hydrogen-bond acceptors (Lipinski definition) is 6. The van der Waals surface area contributed by atoms with E-state index in [1.165, 1.54) is 6.42 Å². The molecule has 2 N–H and O–H groups in total. The standard InChI is InChI=1S/C20H28N4O3S2/c1-27-16-8-6-15(7-9-16)23-14-18(21-20(23)28)24(22-11-4-3-5-12-22)17(19(25)26)10-13-29-2/h6-9,14,17H,3-5,10-13H2,1-2H3,(H,21,28)(H,25,26)/t17-/m0/s1. The van der Waals surface area contributed by atoms with Crippen LogP contribution in [0.4, 0.5) is 5.82 Å². The molecule has 29 heavy (non-hydrogen) atoms. The number of methoxy groups -OCH3 is 1. The number of rotatable bonds is 9. The quantitative estimate of drug-likeness (QED) is 0.577. The number of H-pyrrole nitrogens is 1. The van der Waals surface area contributed by atoms with Crippen LogP contribution in [0.5, 0.6) is 5.75 Å². The molecule has 0 amide bonds. The third-order valence-corrected chi connectivity index (χ3v) is 6.06. The van der Waals surface area contributed by atoms with Gasteiger partial charge in [-0.15, -0.1) is 0 Å². The van der Waals surface area contributed by atoms with Gasteiger partial charge in [0, 0.05) is 18.8 Å². The van der Waals surface area contributed by atoms with E-state index in [-0.39, 0.29) is 0 Å². The van der Waals surface area contributed by atoms with Gasteiger partial charge in [0.15, 0.2) is 4.77 Å². The number of carbonyl (C=O) groups is 1. The first-order valence-corrected chi connectivity index (χ1v) is 11.6. The number of aromatic nitrogens is 2. The summed E-state index contributed by atoms with van der Waals surface area (Å²) in [7, 11) is 1.63. The zero-order chi connectivity index (χ0) is 20.8. The van der Waals surface area contributed by atoms with E-state index >= 15 is 0 Å². The maximum atomic E-state index is 12.2. The van der Waals surface area contributed by atoms with Gasteiger partial charge in [-0.2, -0.15) is 11.8 Å². The summed E-state index contributed by atoms with van der Waals surface area (Å²) >= 11 is 7.21. The Balaban J connectivity index is 1.98. The van der Waals surface area contributed by atoms with Crippen LogP contribution in [0, 0.1) is 4.77 Å². The topological polar surface area (TPSA) is 73.7 Å². The normalized spacial score (nSPS) is 15.8.